The number of hydrogen-bond donors (Lipinski definition) is 1. The SMILES string of the molecule is CCCCOC(=O)CC=N. The van der Waals surface area contributed by atoms with Crippen LogP contribution in [0.2, 0.25) is 0 Å². The summed E-state index contributed by atoms with van der Waals surface area (Å²) in [6.07, 6.45) is 3.08. The van der Waals surface area contributed by atoms with Crippen LogP contribution in [0.5, 0.6) is 0 Å². The highest BCUT2D eigenvalue weighted by atomic mass is 16.5. The van der Waals surface area contributed by atoms with Crippen molar-refractivity contribution in [1.82, 2.24) is 0 Å². The summed E-state index contributed by atoms with van der Waals surface area (Å²) < 4.78 is 4.73. The topological polar surface area (TPSA) is 50.2 Å². The van der Waals surface area contributed by atoms with Gasteiger partial charge in [-0.3, -0.25) is 4.79 Å². The molecule has 0 radical (unpaired) electrons. The molecule has 0 spiro atoms. The van der Waals surface area contributed by atoms with Crippen molar-refractivity contribution >= 4 is 12.2 Å². The Hall–Kier alpha value is -0.860. The largest absolute Gasteiger partial charge is 0.465 e. The van der Waals surface area contributed by atoms with Crippen LogP contribution in [0.15, 0.2) is 0 Å². The lowest BCUT2D eigenvalue weighted by Gasteiger charge is -1.99. The first kappa shape index (κ1) is 9.14. The molecule has 0 saturated carbocycles. The molecule has 0 bridgehead atoms. The van der Waals surface area contributed by atoms with E-state index in [1.54, 1.807) is 0 Å². The third-order valence-corrected chi connectivity index (χ3v) is 1.03. The van der Waals surface area contributed by atoms with Gasteiger partial charge in [0.05, 0.1) is 13.0 Å². The second-order valence-corrected chi connectivity index (χ2v) is 1.98. The summed E-state index contributed by atoms with van der Waals surface area (Å²) in [6, 6.07) is 0. The van der Waals surface area contributed by atoms with Crippen LogP contribution in [0.1, 0.15) is 26.2 Å². The lowest BCUT2D eigenvalue weighted by molar-refractivity contribution is -0.142. The van der Waals surface area contributed by atoms with Gasteiger partial charge in [0.2, 0.25) is 0 Å². The average Bonchev–Trinajstić information content (AvgIpc) is 1.89. The van der Waals surface area contributed by atoms with Crippen molar-refractivity contribution < 1.29 is 9.53 Å². The standard InChI is InChI=1S/C7H13NO2/c1-2-3-6-10-7(9)4-5-8/h5,8H,2-4,6H2,1H3. The third kappa shape index (κ3) is 5.28. The van der Waals surface area contributed by atoms with Crippen molar-refractivity contribution in [3.8, 4) is 0 Å². The normalized spacial score (nSPS) is 8.90. The van der Waals surface area contributed by atoms with Crippen molar-refractivity contribution in [2.45, 2.75) is 26.2 Å². The number of rotatable bonds is 5. The smallest absolute Gasteiger partial charge is 0.311 e. The lowest BCUT2D eigenvalue weighted by atomic mass is 10.4. The van der Waals surface area contributed by atoms with Crippen LogP contribution in [-0.4, -0.2) is 18.8 Å². The summed E-state index contributed by atoms with van der Waals surface area (Å²) in [6.45, 7) is 2.52. The molecule has 10 heavy (non-hydrogen) atoms. The maximum absolute atomic E-state index is 10.5. The Balaban J connectivity index is 3.13. The maximum atomic E-state index is 10.5. The van der Waals surface area contributed by atoms with E-state index in [9.17, 15) is 4.79 Å². The number of ether oxygens (including phenoxy) is 1. The summed E-state index contributed by atoms with van der Waals surface area (Å²) in [7, 11) is 0. The first-order valence-corrected chi connectivity index (χ1v) is 3.45. The molecule has 58 valence electrons. The first-order chi connectivity index (χ1) is 4.81. The van der Waals surface area contributed by atoms with Gasteiger partial charge in [0, 0.05) is 6.21 Å². The molecule has 0 unspecified atom stereocenters. The van der Waals surface area contributed by atoms with Gasteiger partial charge in [0.15, 0.2) is 0 Å². The minimum absolute atomic E-state index is 0.101. The van der Waals surface area contributed by atoms with E-state index in [4.69, 9.17) is 10.1 Å². The zero-order chi connectivity index (χ0) is 7.82. The van der Waals surface area contributed by atoms with Crippen LogP contribution in [-0.2, 0) is 9.53 Å². The van der Waals surface area contributed by atoms with Crippen molar-refractivity contribution in [2.24, 2.45) is 0 Å². The van der Waals surface area contributed by atoms with Crippen molar-refractivity contribution in [1.29, 1.82) is 5.41 Å². The molecule has 0 aromatic heterocycles. The molecule has 0 aliphatic rings. The van der Waals surface area contributed by atoms with E-state index in [1.165, 1.54) is 0 Å². The van der Waals surface area contributed by atoms with Gasteiger partial charge < -0.3 is 10.1 Å². The summed E-state index contributed by atoms with van der Waals surface area (Å²) in [5.74, 6) is -0.302. The Morgan fingerprint density at radius 3 is 2.90 bits per heavy atom. The molecule has 0 heterocycles. The number of esters is 1. The van der Waals surface area contributed by atoms with E-state index in [0.29, 0.717) is 6.61 Å². The molecule has 0 amide bonds. The van der Waals surface area contributed by atoms with E-state index >= 15 is 0 Å². The molecule has 0 atom stereocenters. The number of unbranched alkanes of at least 4 members (excludes halogenated alkanes) is 1. The molecule has 3 nitrogen and oxygen atoms in total. The summed E-state index contributed by atoms with van der Waals surface area (Å²) in [5.41, 5.74) is 0. The molecule has 0 fully saturated rings. The quantitative estimate of drug-likeness (QED) is 0.359. The molecule has 0 aromatic rings. The predicted molar refractivity (Wildman–Crippen MR) is 39.3 cm³/mol. The van der Waals surface area contributed by atoms with Gasteiger partial charge in [-0.15, -0.1) is 0 Å². The zero-order valence-corrected chi connectivity index (χ0v) is 6.22. The van der Waals surface area contributed by atoms with Crippen LogP contribution in [0.4, 0.5) is 0 Å². The van der Waals surface area contributed by atoms with E-state index in [-0.39, 0.29) is 12.4 Å². The van der Waals surface area contributed by atoms with Gasteiger partial charge in [-0.1, -0.05) is 13.3 Å². The second kappa shape index (κ2) is 6.26. The third-order valence-electron chi connectivity index (χ3n) is 1.03. The maximum Gasteiger partial charge on any atom is 0.311 e. The summed E-state index contributed by atoms with van der Waals surface area (Å²) in [5, 5.41) is 6.59. The highest BCUT2D eigenvalue weighted by molar-refractivity contribution is 5.84. The van der Waals surface area contributed by atoms with E-state index in [1.807, 2.05) is 6.92 Å². The van der Waals surface area contributed by atoms with E-state index < -0.39 is 0 Å². The van der Waals surface area contributed by atoms with Crippen LogP contribution in [0, 0.1) is 5.41 Å². The molecule has 0 aliphatic carbocycles. The fraction of sp³-hybridized carbons (Fsp3) is 0.714. The first-order valence-electron chi connectivity index (χ1n) is 3.45. The molecule has 1 N–H and O–H groups in total. The van der Waals surface area contributed by atoms with Crippen molar-refractivity contribution in [3.05, 3.63) is 0 Å². The van der Waals surface area contributed by atoms with Gasteiger partial charge >= 0.3 is 5.97 Å². The van der Waals surface area contributed by atoms with Crippen LogP contribution < -0.4 is 0 Å². The number of carbonyl (C=O) groups excluding carboxylic acids is 1. The van der Waals surface area contributed by atoms with Crippen molar-refractivity contribution in [3.63, 3.8) is 0 Å². The Bertz CT molecular complexity index is 112. The minimum atomic E-state index is -0.302. The van der Waals surface area contributed by atoms with Gasteiger partial charge in [-0.2, -0.15) is 0 Å². The fourth-order valence-corrected chi connectivity index (χ4v) is 0.473. The zero-order valence-electron chi connectivity index (χ0n) is 6.22. The summed E-state index contributed by atoms with van der Waals surface area (Å²) >= 11 is 0. The second-order valence-electron chi connectivity index (χ2n) is 1.98. The molecular weight excluding hydrogens is 130 g/mol. The number of carbonyl (C=O) groups is 1. The molecule has 3 heteroatoms. The predicted octanol–water partition coefficient (Wildman–Crippen LogP) is 1.37. The fourth-order valence-electron chi connectivity index (χ4n) is 0.473. The number of hydrogen-bond acceptors (Lipinski definition) is 3. The summed E-state index contributed by atoms with van der Waals surface area (Å²) in [4.78, 5) is 10.5. The average molecular weight is 143 g/mol. The Labute approximate surface area is 60.9 Å². The van der Waals surface area contributed by atoms with Crippen LogP contribution in [0.25, 0.3) is 0 Å². The molecule has 0 saturated heterocycles. The molecular formula is C7H13NO2. The van der Waals surface area contributed by atoms with Gasteiger partial charge in [-0.05, 0) is 6.42 Å². The number of nitrogens with one attached hydrogen (secondary N) is 1. The van der Waals surface area contributed by atoms with E-state index in [2.05, 4.69) is 0 Å². The highest BCUT2D eigenvalue weighted by Gasteiger charge is 1.96. The van der Waals surface area contributed by atoms with Gasteiger partial charge in [0.1, 0.15) is 0 Å². The Kier molecular flexibility index (Phi) is 5.72. The monoisotopic (exact) mass is 143 g/mol. The van der Waals surface area contributed by atoms with E-state index in [0.717, 1.165) is 19.1 Å². The van der Waals surface area contributed by atoms with Crippen LogP contribution >= 0.6 is 0 Å². The Morgan fingerprint density at radius 2 is 2.40 bits per heavy atom. The molecule has 0 aromatic carbocycles. The van der Waals surface area contributed by atoms with Gasteiger partial charge in [-0.25, -0.2) is 0 Å². The highest BCUT2D eigenvalue weighted by Crippen LogP contribution is 1.89. The van der Waals surface area contributed by atoms with Gasteiger partial charge in [0.25, 0.3) is 0 Å². The Morgan fingerprint density at radius 1 is 1.70 bits per heavy atom. The van der Waals surface area contributed by atoms with Crippen molar-refractivity contribution in [2.75, 3.05) is 6.61 Å². The minimum Gasteiger partial charge on any atom is -0.465 e. The van der Waals surface area contributed by atoms with Crippen LogP contribution in [0.3, 0.4) is 0 Å². The lowest BCUT2D eigenvalue weighted by Crippen LogP contribution is -2.05. The molecule has 0 rings (SSSR count). The molecule has 0 aliphatic heterocycles.